The zero-order valence-corrected chi connectivity index (χ0v) is 19.4. The van der Waals surface area contributed by atoms with Crippen LogP contribution in [0.3, 0.4) is 0 Å². The molecular weight excluding hydrogens is 419 g/mol. The van der Waals surface area contributed by atoms with Gasteiger partial charge in [0.05, 0.1) is 16.5 Å². The fourth-order valence-corrected chi connectivity index (χ4v) is 3.56. The van der Waals surface area contributed by atoms with E-state index in [1.165, 1.54) is 0 Å². The van der Waals surface area contributed by atoms with Gasteiger partial charge >= 0.3 is 0 Å². The van der Waals surface area contributed by atoms with E-state index >= 15 is 0 Å². The van der Waals surface area contributed by atoms with Crippen LogP contribution < -0.4 is 5.32 Å². The van der Waals surface area contributed by atoms with Gasteiger partial charge in [0.2, 0.25) is 11.8 Å². The first-order valence-corrected chi connectivity index (χ1v) is 11.2. The molecule has 0 spiro atoms. The van der Waals surface area contributed by atoms with Crippen molar-refractivity contribution < 1.29 is 9.59 Å². The summed E-state index contributed by atoms with van der Waals surface area (Å²) < 4.78 is 0. The molecule has 0 aromatic heterocycles. The van der Waals surface area contributed by atoms with Crippen molar-refractivity contribution in [1.82, 2.24) is 10.2 Å². The molecule has 0 heterocycles. The molecule has 0 aliphatic carbocycles. The SMILES string of the molecule is CCCCNC(=O)[C@H](CC)N(Cc1ccc(C)cc1)C(=O)Cc1ccc(Cl)c(Cl)c1. The molecule has 0 saturated carbocycles. The van der Waals surface area contributed by atoms with Gasteiger partial charge in [0.25, 0.3) is 0 Å². The molecule has 2 amide bonds. The Labute approximate surface area is 189 Å². The molecule has 1 N–H and O–H groups in total. The molecule has 0 bridgehead atoms. The molecule has 2 aromatic carbocycles. The molecular formula is C24H30Cl2N2O2. The van der Waals surface area contributed by atoms with E-state index in [1.807, 2.05) is 38.1 Å². The minimum Gasteiger partial charge on any atom is -0.354 e. The highest BCUT2D eigenvalue weighted by Gasteiger charge is 2.28. The van der Waals surface area contributed by atoms with Gasteiger partial charge in [-0.25, -0.2) is 0 Å². The average molecular weight is 449 g/mol. The van der Waals surface area contributed by atoms with E-state index in [9.17, 15) is 9.59 Å². The second-order valence-corrected chi connectivity index (χ2v) is 8.32. The standard InChI is InChI=1S/C24H30Cl2N2O2/c1-4-6-13-27-24(30)22(5-2)28(16-18-9-7-17(3)8-10-18)23(29)15-19-11-12-20(25)21(26)14-19/h7-12,14,22H,4-6,13,15-16H2,1-3H3,(H,27,30)/t22-/m0/s1. The quantitative estimate of drug-likeness (QED) is 0.483. The average Bonchev–Trinajstić information content (AvgIpc) is 2.72. The van der Waals surface area contributed by atoms with Crippen LogP contribution in [0.4, 0.5) is 0 Å². The number of carbonyl (C=O) groups is 2. The highest BCUT2D eigenvalue weighted by molar-refractivity contribution is 6.42. The van der Waals surface area contributed by atoms with Crippen LogP contribution in [-0.4, -0.2) is 29.3 Å². The monoisotopic (exact) mass is 448 g/mol. The lowest BCUT2D eigenvalue weighted by atomic mass is 10.1. The second-order valence-electron chi connectivity index (χ2n) is 7.50. The van der Waals surface area contributed by atoms with E-state index in [-0.39, 0.29) is 18.2 Å². The van der Waals surface area contributed by atoms with Gasteiger partial charge in [0, 0.05) is 13.1 Å². The summed E-state index contributed by atoms with van der Waals surface area (Å²) in [6, 6.07) is 12.7. The summed E-state index contributed by atoms with van der Waals surface area (Å²) >= 11 is 12.1. The molecule has 6 heteroatoms. The highest BCUT2D eigenvalue weighted by Crippen LogP contribution is 2.23. The van der Waals surface area contributed by atoms with E-state index in [1.54, 1.807) is 23.1 Å². The fraction of sp³-hybridized carbons (Fsp3) is 0.417. The summed E-state index contributed by atoms with van der Waals surface area (Å²) in [6.45, 7) is 7.02. The number of halogens is 2. The summed E-state index contributed by atoms with van der Waals surface area (Å²) in [6.07, 6.45) is 2.61. The highest BCUT2D eigenvalue weighted by atomic mass is 35.5. The first-order chi connectivity index (χ1) is 14.3. The number of unbranched alkanes of at least 4 members (excludes halogenated alkanes) is 1. The zero-order chi connectivity index (χ0) is 22.1. The molecule has 0 saturated heterocycles. The maximum atomic E-state index is 13.3. The lowest BCUT2D eigenvalue weighted by molar-refractivity contribution is -0.140. The van der Waals surface area contributed by atoms with Crippen molar-refractivity contribution in [1.29, 1.82) is 0 Å². The molecule has 1 atom stereocenters. The van der Waals surface area contributed by atoms with Gasteiger partial charge in [-0.1, -0.05) is 79.4 Å². The van der Waals surface area contributed by atoms with Gasteiger partial charge in [0.15, 0.2) is 0 Å². The van der Waals surface area contributed by atoms with Crippen molar-refractivity contribution in [2.75, 3.05) is 6.54 Å². The van der Waals surface area contributed by atoms with Crippen molar-refractivity contribution in [3.05, 3.63) is 69.2 Å². The van der Waals surface area contributed by atoms with Crippen LogP contribution in [0, 0.1) is 6.92 Å². The summed E-state index contributed by atoms with van der Waals surface area (Å²) in [7, 11) is 0. The third-order valence-electron chi connectivity index (χ3n) is 5.03. The number of benzene rings is 2. The zero-order valence-electron chi connectivity index (χ0n) is 17.9. The normalized spacial score (nSPS) is 11.8. The predicted octanol–water partition coefficient (Wildman–Crippen LogP) is 5.57. The number of hydrogen-bond acceptors (Lipinski definition) is 2. The van der Waals surface area contributed by atoms with Crippen LogP contribution in [0.5, 0.6) is 0 Å². The van der Waals surface area contributed by atoms with Crippen LogP contribution in [0.15, 0.2) is 42.5 Å². The van der Waals surface area contributed by atoms with Crippen molar-refractivity contribution in [2.24, 2.45) is 0 Å². The van der Waals surface area contributed by atoms with E-state index in [4.69, 9.17) is 23.2 Å². The summed E-state index contributed by atoms with van der Waals surface area (Å²) in [5, 5.41) is 3.84. The minimum absolute atomic E-state index is 0.111. The number of hydrogen-bond donors (Lipinski definition) is 1. The fourth-order valence-electron chi connectivity index (χ4n) is 3.24. The third-order valence-corrected chi connectivity index (χ3v) is 5.77. The Morgan fingerprint density at radius 2 is 1.67 bits per heavy atom. The number of nitrogens with zero attached hydrogens (tertiary/aromatic N) is 1. The van der Waals surface area contributed by atoms with Crippen molar-refractivity contribution in [3.63, 3.8) is 0 Å². The summed E-state index contributed by atoms with van der Waals surface area (Å²) in [5.41, 5.74) is 2.91. The first kappa shape index (κ1) is 24.2. The Hall–Kier alpha value is -2.04. The molecule has 30 heavy (non-hydrogen) atoms. The molecule has 4 nitrogen and oxygen atoms in total. The smallest absolute Gasteiger partial charge is 0.242 e. The molecule has 0 unspecified atom stereocenters. The van der Waals surface area contributed by atoms with Gasteiger partial charge in [-0.15, -0.1) is 0 Å². The van der Waals surface area contributed by atoms with Gasteiger partial charge < -0.3 is 10.2 Å². The molecule has 0 aliphatic rings. The van der Waals surface area contributed by atoms with E-state index < -0.39 is 6.04 Å². The van der Waals surface area contributed by atoms with Crippen molar-refractivity contribution in [2.45, 2.75) is 59.0 Å². The predicted molar refractivity (Wildman–Crippen MR) is 124 cm³/mol. The molecule has 0 radical (unpaired) electrons. The molecule has 0 aliphatic heterocycles. The van der Waals surface area contributed by atoms with Gasteiger partial charge in [-0.05, 0) is 43.0 Å². The number of carbonyl (C=O) groups excluding carboxylic acids is 2. The molecule has 0 fully saturated rings. The van der Waals surface area contributed by atoms with Crippen molar-refractivity contribution in [3.8, 4) is 0 Å². The van der Waals surface area contributed by atoms with Crippen LogP contribution in [-0.2, 0) is 22.6 Å². The Kier molecular flexibility index (Phi) is 9.67. The molecule has 2 aromatic rings. The Morgan fingerprint density at radius 3 is 2.27 bits per heavy atom. The lowest BCUT2D eigenvalue weighted by Gasteiger charge is -2.31. The lowest BCUT2D eigenvalue weighted by Crippen LogP contribution is -2.49. The largest absolute Gasteiger partial charge is 0.354 e. The van der Waals surface area contributed by atoms with E-state index in [0.717, 1.165) is 29.5 Å². The summed E-state index contributed by atoms with van der Waals surface area (Å²) in [5.74, 6) is -0.230. The molecule has 2 rings (SSSR count). The van der Waals surface area contributed by atoms with E-state index in [2.05, 4.69) is 12.2 Å². The minimum atomic E-state index is -0.529. The van der Waals surface area contributed by atoms with Gasteiger partial charge in [-0.3, -0.25) is 9.59 Å². The van der Waals surface area contributed by atoms with Crippen LogP contribution in [0.1, 0.15) is 49.8 Å². The van der Waals surface area contributed by atoms with Crippen LogP contribution in [0.2, 0.25) is 10.0 Å². The maximum Gasteiger partial charge on any atom is 0.242 e. The second kappa shape index (κ2) is 12.0. The third kappa shape index (κ3) is 7.03. The Balaban J connectivity index is 2.25. The first-order valence-electron chi connectivity index (χ1n) is 10.4. The number of rotatable bonds is 10. The van der Waals surface area contributed by atoms with Crippen LogP contribution in [0.25, 0.3) is 0 Å². The summed E-state index contributed by atoms with van der Waals surface area (Å²) in [4.78, 5) is 27.8. The van der Waals surface area contributed by atoms with Crippen molar-refractivity contribution >= 4 is 35.0 Å². The van der Waals surface area contributed by atoms with Gasteiger partial charge in [-0.2, -0.15) is 0 Å². The molecule has 162 valence electrons. The number of aryl methyl sites for hydroxylation is 1. The maximum absolute atomic E-state index is 13.3. The van der Waals surface area contributed by atoms with E-state index in [0.29, 0.717) is 29.6 Å². The topological polar surface area (TPSA) is 49.4 Å². The number of amides is 2. The van der Waals surface area contributed by atoms with Gasteiger partial charge in [0.1, 0.15) is 6.04 Å². The number of nitrogens with one attached hydrogen (secondary N) is 1. The van der Waals surface area contributed by atoms with Crippen LogP contribution >= 0.6 is 23.2 Å². The Morgan fingerprint density at radius 1 is 1.00 bits per heavy atom. The Bertz CT molecular complexity index is 853.